The maximum atomic E-state index is 12.0. The molecule has 1 aromatic rings. The number of hydrazine groups is 1. The summed E-state index contributed by atoms with van der Waals surface area (Å²) in [6, 6.07) is 6.89. The lowest BCUT2D eigenvalue weighted by Gasteiger charge is -2.17. The van der Waals surface area contributed by atoms with Crippen LogP contribution >= 0.6 is 11.8 Å². The molecule has 0 aliphatic carbocycles. The van der Waals surface area contributed by atoms with Gasteiger partial charge in [0.15, 0.2) is 6.10 Å². The molecule has 9 heteroatoms. The lowest BCUT2D eigenvalue weighted by molar-refractivity contribution is -0.132. The van der Waals surface area contributed by atoms with Crippen LogP contribution in [0.3, 0.4) is 0 Å². The summed E-state index contributed by atoms with van der Waals surface area (Å²) in [5.74, 6) is 0.943. The predicted octanol–water partition coefficient (Wildman–Crippen LogP) is 1.17. The van der Waals surface area contributed by atoms with Crippen LogP contribution in [-0.4, -0.2) is 53.5 Å². The van der Waals surface area contributed by atoms with Crippen molar-refractivity contribution >= 4 is 28.8 Å². The first-order chi connectivity index (χ1) is 12.0. The van der Waals surface area contributed by atoms with E-state index in [2.05, 4.69) is 10.9 Å². The number of ether oxygens (including phenoxy) is 2. The SMILES string of the molecule is CCOc1ccc(O[C@H](C)C(=O)NNC(=O)CN2CCSC2=O)cc1. The van der Waals surface area contributed by atoms with E-state index in [-0.39, 0.29) is 11.8 Å². The van der Waals surface area contributed by atoms with E-state index in [4.69, 9.17) is 9.47 Å². The third-order valence-electron chi connectivity index (χ3n) is 3.32. The summed E-state index contributed by atoms with van der Waals surface area (Å²) in [5.41, 5.74) is 4.57. The van der Waals surface area contributed by atoms with Crippen molar-refractivity contribution in [3.63, 3.8) is 0 Å². The second-order valence-corrected chi connectivity index (χ2v) is 6.28. The first-order valence-corrected chi connectivity index (χ1v) is 8.88. The average Bonchev–Trinajstić information content (AvgIpc) is 2.99. The van der Waals surface area contributed by atoms with Crippen LogP contribution < -0.4 is 20.3 Å². The van der Waals surface area contributed by atoms with Crippen molar-refractivity contribution in [1.82, 2.24) is 15.8 Å². The van der Waals surface area contributed by atoms with Gasteiger partial charge in [0.1, 0.15) is 18.0 Å². The molecule has 0 radical (unpaired) electrons. The van der Waals surface area contributed by atoms with E-state index in [1.165, 1.54) is 16.7 Å². The Morgan fingerprint density at radius 3 is 2.52 bits per heavy atom. The zero-order chi connectivity index (χ0) is 18.2. The summed E-state index contributed by atoms with van der Waals surface area (Å²) in [4.78, 5) is 36.5. The standard InChI is InChI=1S/C16H21N3O5S/c1-3-23-12-4-6-13(7-5-12)24-11(2)15(21)18-17-14(20)10-19-8-9-25-16(19)22/h4-7,11H,3,8-10H2,1-2H3,(H,17,20)(H,18,21)/t11-/m1/s1. The van der Waals surface area contributed by atoms with Crippen LogP contribution in [0.4, 0.5) is 4.79 Å². The van der Waals surface area contributed by atoms with Gasteiger partial charge in [-0.3, -0.25) is 25.2 Å². The molecule has 1 fully saturated rings. The Bertz CT molecular complexity index is 623. The molecule has 0 spiro atoms. The minimum atomic E-state index is -0.804. The number of nitrogens with one attached hydrogen (secondary N) is 2. The van der Waals surface area contributed by atoms with Crippen LogP contribution in [0.15, 0.2) is 24.3 Å². The number of nitrogens with zero attached hydrogens (tertiary/aromatic N) is 1. The molecule has 1 aliphatic heterocycles. The highest BCUT2D eigenvalue weighted by Crippen LogP contribution is 2.18. The van der Waals surface area contributed by atoms with Gasteiger partial charge in [0.2, 0.25) is 0 Å². The number of hydrogen-bond acceptors (Lipinski definition) is 6. The summed E-state index contributed by atoms with van der Waals surface area (Å²) >= 11 is 1.17. The number of benzene rings is 1. The molecule has 0 unspecified atom stereocenters. The van der Waals surface area contributed by atoms with Crippen LogP contribution in [0.1, 0.15) is 13.8 Å². The second kappa shape index (κ2) is 9.16. The minimum absolute atomic E-state index is 0.0831. The van der Waals surface area contributed by atoms with Crippen molar-refractivity contribution in [2.75, 3.05) is 25.4 Å². The Labute approximate surface area is 150 Å². The Balaban J connectivity index is 1.73. The fourth-order valence-corrected chi connectivity index (χ4v) is 2.88. The average molecular weight is 367 g/mol. The number of carbonyl (C=O) groups excluding carboxylic acids is 3. The summed E-state index contributed by atoms with van der Waals surface area (Å²) < 4.78 is 10.8. The molecule has 2 rings (SSSR count). The molecule has 0 aromatic heterocycles. The lowest BCUT2D eigenvalue weighted by Crippen LogP contribution is -2.50. The zero-order valence-electron chi connectivity index (χ0n) is 14.1. The van der Waals surface area contributed by atoms with Crippen molar-refractivity contribution in [2.24, 2.45) is 0 Å². The summed E-state index contributed by atoms with van der Waals surface area (Å²) in [6.07, 6.45) is -0.804. The van der Waals surface area contributed by atoms with Gasteiger partial charge in [0.25, 0.3) is 17.1 Å². The van der Waals surface area contributed by atoms with Gasteiger partial charge in [-0.25, -0.2) is 0 Å². The van der Waals surface area contributed by atoms with Gasteiger partial charge >= 0.3 is 0 Å². The third-order valence-corrected chi connectivity index (χ3v) is 4.21. The topological polar surface area (TPSA) is 97.0 Å². The monoisotopic (exact) mass is 367 g/mol. The summed E-state index contributed by atoms with van der Waals surface area (Å²) in [5, 5.41) is -0.131. The molecule has 2 N–H and O–H groups in total. The molecule has 1 atom stereocenters. The van der Waals surface area contributed by atoms with Crippen LogP contribution in [0.2, 0.25) is 0 Å². The molecule has 1 heterocycles. The summed E-state index contributed by atoms with van der Waals surface area (Å²) in [7, 11) is 0. The van der Waals surface area contributed by atoms with Crippen LogP contribution in [0, 0.1) is 0 Å². The molecule has 136 valence electrons. The second-order valence-electron chi connectivity index (χ2n) is 5.24. The van der Waals surface area contributed by atoms with E-state index in [1.54, 1.807) is 31.2 Å². The van der Waals surface area contributed by atoms with Crippen molar-refractivity contribution in [1.29, 1.82) is 0 Å². The predicted molar refractivity (Wildman–Crippen MR) is 93.4 cm³/mol. The van der Waals surface area contributed by atoms with E-state index < -0.39 is 17.9 Å². The Kier molecular flexibility index (Phi) is 6.93. The van der Waals surface area contributed by atoms with Crippen molar-refractivity contribution in [3.05, 3.63) is 24.3 Å². The fraction of sp³-hybridized carbons (Fsp3) is 0.438. The first-order valence-electron chi connectivity index (χ1n) is 7.89. The molecule has 1 saturated heterocycles. The zero-order valence-corrected chi connectivity index (χ0v) is 14.9. The number of thioether (sulfide) groups is 1. The number of rotatable bonds is 7. The van der Waals surface area contributed by atoms with E-state index in [9.17, 15) is 14.4 Å². The lowest BCUT2D eigenvalue weighted by atomic mass is 10.3. The Morgan fingerprint density at radius 2 is 1.92 bits per heavy atom. The maximum Gasteiger partial charge on any atom is 0.282 e. The van der Waals surface area contributed by atoms with Gasteiger partial charge in [-0.05, 0) is 38.1 Å². The molecule has 3 amide bonds. The molecule has 8 nitrogen and oxygen atoms in total. The van der Waals surface area contributed by atoms with E-state index in [0.717, 1.165) is 0 Å². The Morgan fingerprint density at radius 1 is 1.24 bits per heavy atom. The first kappa shape index (κ1) is 18.9. The highest BCUT2D eigenvalue weighted by Gasteiger charge is 2.23. The van der Waals surface area contributed by atoms with Gasteiger partial charge in [-0.1, -0.05) is 11.8 Å². The van der Waals surface area contributed by atoms with Crippen LogP contribution in [0.5, 0.6) is 11.5 Å². The maximum absolute atomic E-state index is 12.0. The summed E-state index contributed by atoms with van der Waals surface area (Å²) in [6.45, 7) is 4.48. The van der Waals surface area contributed by atoms with E-state index in [0.29, 0.717) is 30.4 Å². The van der Waals surface area contributed by atoms with Gasteiger partial charge < -0.3 is 14.4 Å². The van der Waals surface area contributed by atoms with Gasteiger partial charge in [-0.2, -0.15) is 0 Å². The normalized spacial score (nSPS) is 14.8. The van der Waals surface area contributed by atoms with Crippen molar-refractivity contribution < 1.29 is 23.9 Å². The van der Waals surface area contributed by atoms with E-state index in [1.807, 2.05) is 6.92 Å². The molecule has 0 saturated carbocycles. The van der Waals surface area contributed by atoms with Crippen molar-refractivity contribution in [3.8, 4) is 11.5 Å². The van der Waals surface area contributed by atoms with Gasteiger partial charge in [-0.15, -0.1) is 0 Å². The van der Waals surface area contributed by atoms with Gasteiger partial charge in [0, 0.05) is 12.3 Å². The molecule has 1 aromatic carbocycles. The van der Waals surface area contributed by atoms with Crippen LogP contribution in [0.25, 0.3) is 0 Å². The molecular weight excluding hydrogens is 346 g/mol. The number of hydrogen-bond donors (Lipinski definition) is 2. The largest absolute Gasteiger partial charge is 0.494 e. The van der Waals surface area contributed by atoms with Crippen molar-refractivity contribution in [2.45, 2.75) is 20.0 Å². The number of amides is 3. The minimum Gasteiger partial charge on any atom is -0.494 e. The van der Waals surface area contributed by atoms with E-state index >= 15 is 0 Å². The quantitative estimate of drug-likeness (QED) is 0.702. The molecule has 0 bridgehead atoms. The molecule has 1 aliphatic rings. The highest BCUT2D eigenvalue weighted by atomic mass is 32.2. The van der Waals surface area contributed by atoms with Gasteiger partial charge in [0.05, 0.1) is 6.61 Å². The third kappa shape index (κ3) is 5.86. The number of carbonyl (C=O) groups is 3. The highest BCUT2D eigenvalue weighted by molar-refractivity contribution is 8.13. The molecule has 25 heavy (non-hydrogen) atoms. The van der Waals surface area contributed by atoms with Crippen LogP contribution in [-0.2, 0) is 9.59 Å². The molecular formula is C16H21N3O5S. The fourth-order valence-electron chi connectivity index (χ4n) is 2.05. The Hall–Kier alpha value is -2.42. The smallest absolute Gasteiger partial charge is 0.282 e.